The Morgan fingerprint density at radius 2 is 2.33 bits per heavy atom. The van der Waals surface area contributed by atoms with E-state index in [1.54, 1.807) is 0 Å². The summed E-state index contributed by atoms with van der Waals surface area (Å²) in [6.07, 6.45) is 3.81. The zero-order valence-corrected chi connectivity index (χ0v) is 7.45. The van der Waals surface area contributed by atoms with Gasteiger partial charge in [0.1, 0.15) is 9.84 Å². The number of aryl methyl sites for hydroxylation is 1. The summed E-state index contributed by atoms with van der Waals surface area (Å²) in [5.41, 5.74) is 0. The van der Waals surface area contributed by atoms with Crippen molar-refractivity contribution in [2.75, 3.05) is 12.0 Å². The first kappa shape index (κ1) is 9.05. The van der Waals surface area contributed by atoms with Crippen LogP contribution in [0.25, 0.3) is 0 Å². The van der Waals surface area contributed by atoms with Crippen LogP contribution < -0.4 is 0 Å². The van der Waals surface area contributed by atoms with Crippen LogP contribution in [-0.2, 0) is 16.4 Å². The van der Waals surface area contributed by atoms with E-state index < -0.39 is 9.84 Å². The molecule has 0 spiro atoms. The Morgan fingerprint density at radius 1 is 1.67 bits per heavy atom. The Labute approximate surface area is 70.6 Å². The number of aromatic nitrogens is 2. The van der Waals surface area contributed by atoms with Crippen molar-refractivity contribution in [3.05, 3.63) is 12.4 Å². The van der Waals surface area contributed by atoms with E-state index in [4.69, 9.17) is 5.11 Å². The molecule has 0 unspecified atom stereocenters. The summed E-state index contributed by atoms with van der Waals surface area (Å²) in [6, 6.07) is 0. The summed E-state index contributed by atoms with van der Waals surface area (Å²) >= 11 is 0. The molecule has 68 valence electrons. The normalized spacial score (nSPS) is 11.8. The molecule has 0 radical (unpaired) electrons. The van der Waals surface area contributed by atoms with Crippen LogP contribution in [0.1, 0.15) is 0 Å². The van der Waals surface area contributed by atoms with Gasteiger partial charge in [-0.05, 0) is 0 Å². The molecule has 0 aliphatic rings. The van der Waals surface area contributed by atoms with Gasteiger partial charge in [-0.25, -0.2) is 8.42 Å². The highest BCUT2D eigenvalue weighted by Crippen LogP contribution is 2.03. The summed E-state index contributed by atoms with van der Waals surface area (Å²) in [5.74, 6) is 0.0807. The van der Waals surface area contributed by atoms with Crippen LogP contribution in [0.4, 0.5) is 0 Å². The van der Waals surface area contributed by atoms with Gasteiger partial charge in [0.05, 0.1) is 24.7 Å². The molecule has 0 aliphatic heterocycles. The third-order valence-corrected chi connectivity index (χ3v) is 2.23. The molecule has 1 aromatic heterocycles. The first-order chi connectivity index (χ1) is 5.47. The van der Waals surface area contributed by atoms with Crippen molar-refractivity contribution in [2.45, 2.75) is 6.54 Å². The third kappa shape index (κ3) is 2.91. The number of sulfone groups is 1. The molecule has 5 nitrogen and oxygen atoms in total. The number of hydrogen-bond donors (Lipinski definition) is 1. The summed E-state index contributed by atoms with van der Waals surface area (Å²) in [7, 11) is -2.96. The van der Waals surface area contributed by atoms with Gasteiger partial charge in [0.15, 0.2) is 5.75 Å². The quantitative estimate of drug-likeness (QED) is 0.706. The van der Waals surface area contributed by atoms with Gasteiger partial charge in [-0.1, -0.05) is 0 Å². The Balaban J connectivity index is 2.55. The van der Waals surface area contributed by atoms with Crippen molar-refractivity contribution in [3.63, 3.8) is 0 Å². The number of nitrogens with zero attached hydrogens (tertiary/aromatic N) is 2. The molecule has 1 heterocycles. The SMILES string of the molecule is CS(=O)(=O)CCn1cc(O)cn1. The molecule has 12 heavy (non-hydrogen) atoms. The second-order valence-electron chi connectivity index (χ2n) is 2.59. The van der Waals surface area contributed by atoms with E-state index >= 15 is 0 Å². The Kier molecular flexibility index (Phi) is 2.37. The number of hydrogen-bond acceptors (Lipinski definition) is 4. The maximum absolute atomic E-state index is 10.7. The molecular formula is C6H10N2O3S. The third-order valence-electron chi connectivity index (χ3n) is 1.31. The zero-order chi connectivity index (χ0) is 9.19. The molecule has 0 saturated heterocycles. The predicted octanol–water partition coefficient (Wildman–Crippen LogP) is -0.367. The van der Waals surface area contributed by atoms with Crippen LogP contribution in [0, 0.1) is 0 Å². The van der Waals surface area contributed by atoms with Crippen LogP contribution in [0.3, 0.4) is 0 Å². The van der Waals surface area contributed by atoms with Crippen LogP contribution in [0.15, 0.2) is 12.4 Å². The van der Waals surface area contributed by atoms with Crippen LogP contribution in [-0.4, -0.2) is 35.3 Å². The molecule has 0 saturated carbocycles. The Morgan fingerprint density at radius 3 is 2.75 bits per heavy atom. The second kappa shape index (κ2) is 3.14. The van der Waals surface area contributed by atoms with Gasteiger partial charge in [0.2, 0.25) is 0 Å². The molecule has 0 amide bonds. The molecule has 0 aliphatic carbocycles. The summed E-state index contributed by atoms with van der Waals surface area (Å²) in [6.45, 7) is 0.277. The summed E-state index contributed by atoms with van der Waals surface area (Å²) in [4.78, 5) is 0. The molecule has 6 heteroatoms. The fourth-order valence-corrected chi connectivity index (χ4v) is 1.25. The van der Waals surface area contributed by atoms with Crippen LogP contribution in [0.2, 0.25) is 0 Å². The van der Waals surface area contributed by atoms with Crippen molar-refractivity contribution in [2.24, 2.45) is 0 Å². The first-order valence-corrected chi connectivity index (χ1v) is 5.42. The van der Waals surface area contributed by atoms with Crippen molar-refractivity contribution in [1.82, 2.24) is 9.78 Å². The van der Waals surface area contributed by atoms with Gasteiger partial charge in [0, 0.05) is 6.26 Å². The largest absolute Gasteiger partial charge is 0.505 e. The minimum absolute atomic E-state index is 0.0358. The van der Waals surface area contributed by atoms with Gasteiger partial charge in [-0.15, -0.1) is 0 Å². The van der Waals surface area contributed by atoms with Crippen molar-refractivity contribution in [1.29, 1.82) is 0 Å². The van der Waals surface area contributed by atoms with Gasteiger partial charge < -0.3 is 5.11 Å². The van der Waals surface area contributed by atoms with E-state index in [1.807, 2.05) is 0 Å². The van der Waals surface area contributed by atoms with E-state index in [-0.39, 0.29) is 18.0 Å². The summed E-state index contributed by atoms with van der Waals surface area (Å²) < 4.78 is 22.8. The van der Waals surface area contributed by atoms with Crippen LogP contribution >= 0.6 is 0 Å². The maximum Gasteiger partial charge on any atom is 0.153 e. The topological polar surface area (TPSA) is 72.2 Å². The van der Waals surface area contributed by atoms with Gasteiger partial charge in [-0.3, -0.25) is 4.68 Å². The molecule has 1 N–H and O–H groups in total. The van der Waals surface area contributed by atoms with Gasteiger partial charge >= 0.3 is 0 Å². The molecule has 0 atom stereocenters. The number of rotatable bonds is 3. The Hall–Kier alpha value is -1.04. The van der Waals surface area contributed by atoms with Crippen LogP contribution in [0.5, 0.6) is 5.75 Å². The average Bonchev–Trinajstić information content (AvgIpc) is 2.30. The lowest BCUT2D eigenvalue weighted by molar-refractivity contribution is 0.473. The van der Waals surface area contributed by atoms with Crippen molar-refractivity contribution >= 4 is 9.84 Å². The smallest absolute Gasteiger partial charge is 0.153 e. The monoisotopic (exact) mass is 190 g/mol. The van der Waals surface area contributed by atoms with E-state index in [2.05, 4.69) is 5.10 Å². The minimum atomic E-state index is -2.96. The van der Waals surface area contributed by atoms with E-state index in [9.17, 15) is 8.42 Å². The predicted molar refractivity (Wildman–Crippen MR) is 43.6 cm³/mol. The van der Waals surface area contributed by atoms with Crippen molar-refractivity contribution < 1.29 is 13.5 Å². The minimum Gasteiger partial charge on any atom is -0.505 e. The molecule has 0 aromatic carbocycles. The molecule has 1 aromatic rings. The lowest BCUT2D eigenvalue weighted by Gasteiger charge is -1.97. The lowest BCUT2D eigenvalue weighted by atomic mass is 10.6. The average molecular weight is 190 g/mol. The van der Waals surface area contributed by atoms with E-state index in [1.165, 1.54) is 17.1 Å². The molecule has 1 rings (SSSR count). The lowest BCUT2D eigenvalue weighted by Crippen LogP contribution is -2.11. The summed E-state index contributed by atoms with van der Waals surface area (Å²) in [5, 5.41) is 12.6. The fraction of sp³-hybridized carbons (Fsp3) is 0.500. The molecule has 0 fully saturated rings. The number of aromatic hydroxyl groups is 1. The van der Waals surface area contributed by atoms with E-state index in [0.29, 0.717) is 0 Å². The highest BCUT2D eigenvalue weighted by molar-refractivity contribution is 7.90. The fourth-order valence-electron chi connectivity index (χ4n) is 0.734. The molecular weight excluding hydrogens is 180 g/mol. The van der Waals surface area contributed by atoms with Gasteiger partial charge in [0.25, 0.3) is 0 Å². The van der Waals surface area contributed by atoms with E-state index in [0.717, 1.165) is 6.26 Å². The Bertz CT molecular complexity index is 355. The molecule has 0 bridgehead atoms. The zero-order valence-electron chi connectivity index (χ0n) is 6.64. The first-order valence-electron chi connectivity index (χ1n) is 3.36. The van der Waals surface area contributed by atoms with Gasteiger partial charge in [-0.2, -0.15) is 5.10 Å². The second-order valence-corrected chi connectivity index (χ2v) is 4.85. The maximum atomic E-state index is 10.7. The highest BCUT2D eigenvalue weighted by Gasteiger charge is 2.03. The van der Waals surface area contributed by atoms with Crippen molar-refractivity contribution in [3.8, 4) is 5.75 Å². The highest BCUT2D eigenvalue weighted by atomic mass is 32.2. The standard InChI is InChI=1S/C6H10N2O3S/c1-12(10,11)3-2-8-5-6(9)4-7-8/h4-5,9H,2-3H2,1H3.